The van der Waals surface area contributed by atoms with E-state index in [0.29, 0.717) is 11.3 Å². The molecule has 23 heavy (non-hydrogen) atoms. The molecule has 0 aliphatic rings. The first-order valence-corrected chi connectivity index (χ1v) is 6.63. The van der Waals surface area contributed by atoms with Crippen molar-refractivity contribution >= 4 is 23.7 Å². The van der Waals surface area contributed by atoms with Crippen LogP contribution in [0.3, 0.4) is 0 Å². The normalized spacial score (nSPS) is 10.3. The molecule has 0 fully saturated rings. The van der Waals surface area contributed by atoms with Gasteiger partial charge in [-0.15, -0.1) is 0 Å². The minimum absolute atomic E-state index is 0.0792. The van der Waals surface area contributed by atoms with Crippen LogP contribution in [0.5, 0.6) is 5.75 Å². The standard InChI is InChI=1S/C16H14FN3O3/c1-23-12-6-4-5-11(9-12)10-18-20-16(22)15(21)19-14-8-3-2-7-13(14)17/h2-10H,1H3,(H,19,21)(H,20,22)/b18-10+. The Morgan fingerprint density at radius 2 is 1.91 bits per heavy atom. The Hall–Kier alpha value is -3.22. The Balaban J connectivity index is 1.92. The van der Waals surface area contributed by atoms with E-state index in [1.807, 2.05) is 0 Å². The predicted octanol–water partition coefficient (Wildman–Crippen LogP) is 1.92. The number of hydrogen-bond donors (Lipinski definition) is 2. The number of hydrazone groups is 1. The fraction of sp³-hybridized carbons (Fsp3) is 0.0625. The van der Waals surface area contributed by atoms with Crippen LogP contribution >= 0.6 is 0 Å². The Kier molecular flexibility index (Phi) is 5.40. The third-order valence-electron chi connectivity index (χ3n) is 2.80. The van der Waals surface area contributed by atoms with E-state index in [2.05, 4.69) is 15.8 Å². The number of para-hydroxylation sites is 1. The molecule has 0 saturated heterocycles. The molecule has 2 amide bonds. The van der Waals surface area contributed by atoms with Crippen LogP contribution in [0.4, 0.5) is 10.1 Å². The van der Waals surface area contributed by atoms with Gasteiger partial charge in [0.2, 0.25) is 0 Å². The van der Waals surface area contributed by atoms with Crippen LogP contribution in [0.2, 0.25) is 0 Å². The summed E-state index contributed by atoms with van der Waals surface area (Å²) >= 11 is 0. The van der Waals surface area contributed by atoms with Gasteiger partial charge in [-0.25, -0.2) is 9.82 Å². The largest absolute Gasteiger partial charge is 0.497 e. The van der Waals surface area contributed by atoms with Crippen molar-refractivity contribution in [3.8, 4) is 5.75 Å². The van der Waals surface area contributed by atoms with Gasteiger partial charge in [-0.3, -0.25) is 9.59 Å². The number of nitrogens with one attached hydrogen (secondary N) is 2. The number of carbonyl (C=O) groups excluding carboxylic acids is 2. The maximum absolute atomic E-state index is 13.4. The third-order valence-corrected chi connectivity index (χ3v) is 2.80. The van der Waals surface area contributed by atoms with E-state index in [4.69, 9.17) is 4.74 Å². The molecule has 6 nitrogen and oxygen atoms in total. The predicted molar refractivity (Wildman–Crippen MR) is 83.8 cm³/mol. The highest BCUT2D eigenvalue weighted by molar-refractivity contribution is 6.39. The molecule has 0 aromatic heterocycles. The zero-order valence-electron chi connectivity index (χ0n) is 12.2. The number of hydrogen-bond acceptors (Lipinski definition) is 4. The van der Waals surface area contributed by atoms with Crippen LogP contribution in [0, 0.1) is 5.82 Å². The molecule has 2 aromatic carbocycles. The van der Waals surface area contributed by atoms with Crippen LogP contribution in [0.15, 0.2) is 53.6 Å². The van der Waals surface area contributed by atoms with Gasteiger partial charge in [0.15, 0.2) is 0 Å². The van der Waals surface area contributed by atoms with Crippen LogP contribution in [0.1, 0.15) is 5.56 Å². The second-order valence-corrected chi connectivity index (χ2v) is 4.41. The van der Waals surface area contributed by atoms with E-state index in [-0.39, 0.29) is 5.69 Å². The molecule has 2 N–H and O–H groups in total. The Bertz CT molecular complexity index is 747. The highest BCUT2D eigenvalue weighted by Crippen LogP contribution is 2.12. The Labute approximate surface area is 132 Å². The molecule has 0 heterocycles. The number of benzene rings is 2. The van der Waals surface area contributed by atoms with Gasteiger partial charge in [-0.05, 0) is 29.8 Å². The SMILES string of the molecule is COc1cccc(/C=N/NC(=O)C(=O)Nc2ccccc2F)c1. The van der Waals surface area contributed by atoms with Crippen molar-refractivity contribution in [3.05, 3.63) is 59.9 Å². The molecule has 0 radical (unpaired) electrons. The molecule has 0 spiro atoms. The van der Waals surface area contributed by atoms with Gasteiger partial charge in [-0.1, -0.05) is 24.3 Å². The number of methoxy groups -OCH3 is 1. The monoisotopic (exact) mass is 315 g/mol. The lowest BCUT2D eigenvalue weighted by atomic mass is 10.2. The average molecular weight is 315 g/mol. The summed E-state index contributed by atoms with van der Waals surface area (Å²) in [6.45, 7) is 0. The number of rotatable bonds is 4. The first-order valence-electron chi connectivity index (χ1n) is 6.63. The number of amides is 2. The van der Waals surface area contributed by atoms with Gasteiger partial charge in [0.05, 0.1) is 19.0 Å². The topological polar surface area (TPSA) is 79.8 Å². The van der Waals surface area contributed by atoms with Crippen molar-refractivity contribution in [1.29, 1.82) is 0 Å². The quantitative estimate of drug-likeness (QED) is 0.514. The minimum Gasteiger partial charge on any atom is -0.497 e. The number of ether oxygens (including phenoxy) is 1. The Morgan fingerprint density at radius 1 is 1.13 bits per heavy atom. The lowest BCUT2D eigenvalue weighted by molar-refractivity contribution is -0.136. The van der Waals surface area contributed by atoms with E-state index in [1.54, 1.807) is 24.3 Å². The summed E-state index contributed by atoms with van der Waals surface area (Å²) in [7, 11) is 1.53. The second-order valence-electron chi connectivity index (χ2n) is 4.41. The van der Waals surface area contributed by atoms with Crippen LogP contribution in [-0.2, 0) is 9.59 Å². The summed E-state index contributed by atoms with van der Waals surface area (Å²) in [5.74, 6) is -2.02. The molecular weight excluding hydrogens is 301 g/mol. The van der Waals surface area contributed by atoms with E-state index in [9.17, 15) is 14.0 Å². The number of nitrogens with zero attached hydrogens (tertiary/aromatic N) is 1. The van der Waals surface area contributed by atoms with E-state index >= 15 is 0 Å². The lowest BCUT2D eigenvalue weighted by Crippen LogP contribution is -2.32. The van der Waals surface area contributed by atoms with Gasteiger partial charge in [0.1, 0.15) is 11.6 Å². The summed E-state index contributed by atoms with van der Waals surface area (Å²) in [4.78, 5) is 23.2. The molecule has 0 unspecified atom stereocenters. The van der Waals surface area contributed by atoms with Crippen molar-refractivity contribution in [2.45, 2.75) is 0 Å². The zero-order chi connectivity index (χ0) is 16.7. The van der Waals surface area contributed by atoms with Crippen LogP contribution in [-0.4, -0.2) is 25.1 Å². The summed E-state index contributed by atoms with van der Waals surface area (Å²) in [6.07, 6.45) is 1.36. The van der Waals surface area contributed by atoms with Gasteiger partial charge < -0.3 is 10.1 Å². The molecule has 118 valence electrons. The third kappa shape index (κ3) is 4.63. The van der Waals surface area contributed by atoms with E-state index in [0.717, 1.165) is 0 Å². The molecule has 0 saturated carbocycles. The molecule has 0 bridgehead atoms. The van der Waals surface area contributed by atoms with Gasteiger partial charge in [-0.2, -0.15) is 5.10 Å². The van der Waals surface area contributed by atoms with Crippen LogP contribution in [0.25, 0.3) is 0 Å². The van der Waals surface area contributed by atoms with Crippen molar-refractivity contribution < 1.29 is 18.7 Å². The molecule has 0 aliphatic heterocycles. The van der Waals surface area contributed by atoms with Crippen LogP contribution < -0.4 is 15.5 Å². The maximum atomic E-state index is 13.4. The Morgan fingerprint density at radius 3 is 2.65 bits per heavy atom. The van der Waals surface area contributed by atoms with Crippen molar-refractivity contribution in [2.75, 3.05) is 12.4 Å². The first-order chi connectivity index (χ1) is 11.1. The fourth-order valence-corrected chi connectivity index (χ4v) is 1.68. The summed E-state index contributed by atoms with van der Waals surface area (Å²) < 4.78 is 18.4. The number of halogens is 1. The molecule has 0 atom stereocenters. The van der Waals surface area contributed by atoms with E-state index < -0.39 is 17.6 Å². The van der Waals surface area contributed by atoms with Crippen molar-refractivity contribution in [1.82, 2.24) is 5.43 Å². The highest BCUT2D eigenvalue weighted by atomic mass is 19.1. The number of anilines is 1. The minimum atomic E-state index is -1.02. The van der Waals surface area contributed by atoms with Crippen molar-refractivity contribution in [2.24, 2.45) is 5.10 Å². The molecule has 7 heteroatoms. The van der Waals surface area contributed by atoms with E-state index in [1.165, 1.54) is 37.6 Å². The molecule has 2 rings (SSSR count). The summed E-state index contributed by atoms with van der Waals surface area (Å²) in [5, 5.41) is 5.82. The summed E-state index contributed by atoms with van der Waals surface area (Å²) in [5.41, 5.74) is 2.66. The highest BCUT2D eigenvalue weighted by Gasteiger charge is 2.14. The number of carbonyl (C=O) groups is 2. The molecule has 0 aliphatic carbocycles. The maximum Gasteiger partial charge on any atom is 0.329 e. The fourth-order valence-electron chi connectivity index (χ4n) is 1.68. The second kappa shape index (κ2) is 7.69. The van der Waals surface area contributed by atoms with Crippen molar-refractivity contribution in [3.63, 3.8) is 0 Å². The lowest BCUT2D eigenvalue weighted by Gasteiger charge is -2.04. The zero-order valence-corrected chi connectivity index (χ0v) is 12.2. The first kappa shape index (κ1) is 16.2. The average Bonchev–Trinajstić information content (AvgIpc) is 2.57. The summed E-state index contributed by atoms with van der Waals surface area (Å²) in [6, 6.07) is 12.5. The smallest absolute Gasteiger partial charge is 0.329 e. The van der Waals surface area contributed by atoms with Gasteiger partial charge >= 0.3 is 11.8 Å². The molecular formula is C16H14FN3O3. The van der Waals surface area contributed by atoms with Gasteiger partial charge in [0.25, 0.3) is 0 Å². The van der Waals surface area contributed by atoms with Gasteiger partial charge in [0, 0.05) is 0 Å². The molecule has 2 aromatic rings.